The van der Waals surface area contributed by atoms with Gasteiger partial charge in [0.2, 0.25) is 0 Å². The third-order valence-electron chi connectivity index (χ3n) is 2.63. The van der Waals surface area contributed by atoms with Gasteiger partial charge >= 0.3 is 0 Å². The summed E-state index contributed by atoms with van der Waals surface area (Å²) in [6.07, 6.45) is 1.00. The minimum absolute atomic E-state index is 0.247. The number of nitrogens with zero attached hydrogens (tertiary/aromatic N) is 1. The maximum atomic E-state index is 6.08. The molecule has 4 heteroatoms. The van der Waals surface area contributed by atoms with Crippen LogP contribution in [-0.2, 0) is 6.54 Å². The first kappa shape index (κ1) is 14.3. The lowest BCUT2D eigenvalue weighted by molar-refractivity contribution is 0.313. The van der Waals surface area contributed by atoms with Gasteiger partial charge in [-0.05, 0) is 44.6 Å². The van der Waals surface area contributed by atoms with Gasteiger partial charge < -0.3 is 15.4 Å². The fourth-order valence-corrected chi connectivity index (χ4v) is 1.90. The number of hydrogen-bond acceptors (Lipinski definition) is 3. The fourth-order valence-electron chi connectivity index (χ4n) is 1.62. The van der Waals surface area contributed by atoms with Gasteiger partial charge in [-0.25, -0.2) is 0 Å². The van der Waals surface area contributed by atoms with Crippen LogP contribution in [0.4, 0.5) is 0 Å². The summed E-state index contributed by atoms with van der Waals surface area (Å²) in [5.41, 5.74) is 6.92. The van der Waals surface area contributed by atoms with Gasteiger partial charge in [0.15, 0.2) is 0 Å². The molecule has 1 aromatic carbocycles. The average molecular weight is 257 g/mol. The third kappa shape index (κ3) is 4.94. The zero-order valence-corrected chi connectivity index (χ0v) is 11.5. The van der Waals surface area contributed by atoms with Crippen LogP contribution in [0.5, 0.6) is 5.75 Å². The van der Waals surface area contributed by atoms with E-state index in [1.54, 1.807) is 7.11 Å². The van der Waals surface area contributed by atoms with E-state index < -0.39 is 0 Å². The lowest BCUT2D eigenvalue weighted by Crippen LogP contribution is -2.25. The van der Waals surface area contributed by atoms with E-state index >= 15 is 0 Å². The smallest absolute Gasteiger partial charge is 0.137 e. The highest BCUT2D eigenvalue weighted by molar-refractivity contribution is 6.32. The molecule has 1 atom stereocenters. The van der Waals surface area contributed by atoms with Crippen molar-refractivity contribution in [1.29, 1.82) is 0 Å². The third-order valence-corrected chi connectivity index (χ3v) is 2.93. The molecule has 2 N–H and O–H groups in total. The highest BCUT2D eigenvalue weighted by Crippen LogP contribution is 2.25. The summed E-state index contributed by atoms with van der Waals surface area (Å²) in [4.78, 5) is 2.24. The van der Waals surface area contributed by atoms with E-state index in [0.717, 1.165) is 19.5 Å². The summed E-state index contributed by atoms with van der Waals surface area (Å²) in [5.74, 6) is 0.716. The molecule has 96 valence electrons. The van der Waals surface area contributed by atoms with Crippen molar-refractivity contribution >= 4 is 11.6 Å². The summed E-state index contributed by atoms with van der Waals surface area (Å²) in [6, 6.07) is 6.13. The highest BCUT2D eigenvalue weighted by atomic mass is 35.5. The average Bonchev–Trinajstić information content (AvgIpc) is 2.26. The van der Waals surface area contributed by atoms with Crippen molar-refractivity contribution in [2.75, 3.05) is 20.7 Å². The standard InChI is InChI=1S/C13H21ClN2O/c1-10(15)6-7-16(2)9-11-4-5-13(17-3)12(14)8-11/h4-5,8,10H,6-7,9,15H2,1-3H3. The van der Waals surface area contributed by atoms with Crippen LogP contribution in [0, 0.1) is 0 Å². The molecule has 0 aliphatic rings. The second-order valence-corrected chi connectivity index (χ2v) is 4.88. The molecule has 0 fully saturated rings. The van der Waals surface area contributed by atoms with Gasteiger partial charge in [0.25, 0.3) is 0 Å². The fraction of sp³-hybridized carbons (Fsp3) is 0.538. The molecule has 0 aromatic heterocycles. The van der Waals surface area contributed by atoms with Gasteiger partial charge in [-0.1, -0.05) is 17.7 Å². The number of benzene rings is 1. The zero-order chi connectivity index (χ0) is 12.8. The van der Waals surface area contributed by atoms with Crippen molar-refractivity contribution in [3.63, 3.8) is 0 Å². The second kappa shape index (κ2) is 6.84. The molecule has 17 heavy (non-hydrogen) atoms. The molecule has 0 saturated heterocycles. The van der Waals surface area contributed by atoms with Crippen molar-refractivity contribution in [1.82, 2.24) is 4.90 Å². The predicted molar refractivity (Wildman–Crippen MR) is 72.6 cm³/mol. The summed E-state index contributed by atoms with van der Waals surface area (Å²) in [7, 11) is 3.70. The second-order valence-electron chi connectivity index (χ2n) is 4.47. The SMILES string of the molecule is COc1ccc(CN(C)CCC(C)N)cc1Cl. The Labute approximate surface area is 109 Å². The Balaban J connectivity index is 2.53. The molecular formula is C13H21ClN2O. The zero-order valence-electron chi connectivity index (χ0n) is 10.7. The van der Waals surface area contributed by atoms with Crippen molar-refractivity contribution < 1.29 is 4.74 Å². The highest BCUT2D eigenvalue weighted by Gasteiger charge is 2.05. The molecule has 0 spiro atoms. The van der Waals surface area contributed by atoms with E-state index in [-0.39, 0.29) is 6.04 Å². The maximum Gasteiger partial charge on any atom is 0.137 e. The van der Waals surface area contributed by atoms with Crippen LogP contribution < -0.4 is 10.5 Å². The Kier molecular flexibility index (Phi) is 5.75. The quantitative estimate of drug-likeness (QED) is 0.850. The van der Waals surface area contributed by atoms with Gasteiger partial charge in [0, 0.05) is 12.6 Å². The van der Waals surface area contributed by atoms with E-state index in [0.29, 0.717) is 10.8 Å². The Hall–Kier alpha value is -0.770. The Bertz CT molecular complexity index is 355. The lowest BCUT2D eigenvalue weighted by Gasteiger charge is -2.18. The Morgan fingerprint density at radius 1 is 1.47 bits per heavy atom. The van der Waals surface area contributed by atoms with Crippen molar-refractivity contribution in [3.8, 4) is 5.75 Å². The van der Waals surface area contributed by atoms with Crippen molar-refractivity contribution in [2.45, 2.75) is 25.9 Å². The molecule has 0 amide bonds. The topological polar surface area (TPSA) is 38.5 Å². The van der Waals surface area contributed by atoms with Crippen molar-refractivity contribution in [3.05, 3.63) is 28.8 Å². The molecule has 0 heterocycles. The number of hydrogen-bond donors (Lipinski definition) is 1. The number of halogens is 1. The van der Waals surface area contributed by atoms with Gasteiger partial charge in [-0.3, -0.25) is 0 Å². The van der Waals surface area contributed by atoms with E-state index in [2.05, 4.69) is 11.9 Å². The molecule has 1 aromatic rings. The van der Waals surface area contributed by atoms with Crippen LogP contribution in [0.2, 0.25) is 5.02 Å². The van der Waals surface area contributed by atoms with Crippen LogP contribution >= 0.6 is 11.6 Å². The summed E-state index contributed by atoms with van der Waals surface area (Å²) < 4.78 is 5.12. The van der Waals surface area contributed by atoms with Crippen LogP contribution in [0.1, 0.15) is 18.9 Å². The molecule has 0 radical (unpaired) electrons. The van der Waals surface area contributed by atoms with E-state index in [4.69, 9.17) is 22.1 Å². The van der Waals surface area contributed by atoms with Crippen LogP contribution in [0.15, 0.2) is 18.2 Å². The summed E-state index contributed by atoms with van der Waals surface area (Å²) >= 11 is 6.08. The number of rotatable bonds is 6. The molecule has 1 unspecified atom stereocenters. The lowest BCUT2D eigenvalue weighted by atomic mass is 10.2. The Morgan fingerprint density at radius 2 is 2.18 bits per heavy atom. The molecule has 1 rings (SSSR count). The molecule has 0 aliphatic carbocycles. The van der Waals surface area contributed by atoms with Crippen LogP contribution in [-0.4, -0.2) is 31.6 Å². The van der Waals surface area contributed by atoms with Gasteiger partial charge in [-0.15, -0.1) is 0 Å². The first-order chi connectivity index (χ1) is 8.02. The summed E-state index contributed by atoms with van der Waals surface area (Å²) in [5, 5.41) is 0.658. The normalized spacial score (nSPS) is 12.8. The maximum absolute atomic E-state index is 6.08. The molecule has 0 aliphatic heterocycles. The molecular weight excluding hydrogens is 236 g/mol. The summed E-state index contributed by atoms with van der Waals surface area (Å²) in [6.45, 7) is 3.88. The van der Waals surface area contributed by atoms with Gasteiger partial charge in [0.05, 0.1) is 12.1 Å². The number of methoxy groups -OCH3 is 1. The van der Waals surface area contributed by atoms with Crippen LogP contribution in [0.25, 0.3) is 0 Å². The number of nitrogens with two attached hydrogens (primary N) is 1. The minimum atomic E-state index is 0.247. The van der Waals surface area contributed by atoms with E-state index in [1.807, 2.05) is 25.1 Å². The first-order valence-electron chi connectivity index (χ1n) is 5.79. The van der Waals surface area contributed by atoms with E-state index in [9.17, 15) is 0 Å². The minimum Gasteiger partial charge on any atom is -0.495 e. The largest absolute Gasteiger partial charge is 0.495 e. The van der Waals surface area contributed by atoms with E-state index in [1.165, 1.54) is 5.56 Å². The van der Waals surface area contributed by atoms with Crippen LogP contribution in [0.3, 0.4) is 0 Å². The predicted octanol–water partition coefficient (Wildman–Crippen LogP) is 2.52. The molecule has 0 bridgehead atoms. The Morgan fingerprint density at radius 3 is 2.71 bits per heavy atom. The molecule has 0 saturated carbocycles. The first-order valence-corrected chi connectivity index (χ1v) is 6.17. The molecule has 3 nitrogen and oxygen atoms in total. The van der Waals surface area contributed by atoms with Crippen molar-refractivity contribution in [2.24, 2.45) is 5.73 Å². The van der Waals surface area contributed by atoms with Gasteiger partial charge in [-0.2, -0.15) is 0 Å². The van der Waals surface area contributed by atoms with Gasteiger partial charge in [0.1, 0.15) is 5.75 Å². The monoisotopic (exact) mass is 256 g/mol. The number of ether oxygens (including phenoxy) is 1.